The van der Waals surface area contributed by atoms with E-state index in [-0.39, 0.29) is 18.7 Å². The molecule has 1 fully saturated rings. The summed E-state index contributed by atoms with van der Waals surface area (Å²) in [6.45, 7) is 3.79. The van der Waals surface area contributed by atoms with Crippen molar-refractivity contribution in [1.82, 2.24) is 10.2 Å². The van der Waals surface area contributed by atoms with Crippen molar-refractivity contribution in [3.63, 3.8) is 0 Å². The molecule has 2 aromatic carbocycles. The number of hydrogen-bond acceptors (Lipinski definition) is 5. The first-order valence-corrected chi connectivity index (χ1v) is 8.44. The molecule has 0 aliphatic carbocycles. The Hall–Kier alpha value is -2.31. The first-order valence-electron chi connectivity index (χ1n) is 8.44. The Morgan fingerprint density at radius 1 is 1.08 bits per heavy atom. The molecule has 1 N–H and O–H groups in total. The third-order valence-corrected chi connectivity index (χ3v) is 4.72. The van der Waals surface area contributed by atoms with Gasteiger partial charge in [0.05, 0.1) is 13.2 Å². The second kappa shape index (κ2) is 6.90. The lowest BCUT2D eigenvalue weighted by Crippen LogP contribution is -2.45. The van der Waals surface area contributed by atoms with Crippen LogP contribution in [0, 0.1) is 5.82 Å². The van der Waals surface area contributed by atoms with Gasteiger partial charge in [0.1, 0.15) is 11.6 Å². The van der Waals surface area contributed by atoms with Crippen LogP contribution in [0.4, 0.5) is 4.39 Å². The molecule has 25 heavy (non-hydrogen) atoms. The van der Waals surface area contributed by atoms with Crippen LogP contribution in [-0.2, 0) is 0 Å². The molecule has 5 nitrogen and oxygen atoms in total. The zero-order chi connectivity index (χ0) is 17.2. The van der Waals surface area contributed by atoms with E-state index in [4.69, 9.17) is 14.2 Å². The highest BCUT2D eigenvalue weighted by atomic mass is 19.1. The van der Waals surface area contributed by atoms with Gasteiger partial charge in [0.15, 0.2) is 11.5 Å². The fourth-order valence-electron chi connectivity index (χ4n) is 3.53. The normalized spacial score (nSPS) is 18.2. The van der Waals surface area contributed by atoms with Gasteiger partial charge in [0.25, 0.3) is 0 Å². The van der Waals surface area contributed by atoms with Crippen LogP contribution in [0.25, 0.3) is 0 Å². The average molecular weight is 344 g/mol. The van der Waals surface area contributed by atoms with Crippen LogP contribution < -0.4 is 19.5 Å². The summed E-state index contributed by atoms with van der Waals surface area (Å²) >= 11 is 0. The van der Waals surface area contributed by atoms with Crippen molar-refractivity contribution in [3.8, 4) is 17.2 Å². The van der Waals surface area contributed by atoms with Gasteiger partial charge in [-0.1, -0.05) is 6.07 Å². The number of fused-ring (bicyclic) bond motifs is 1. The largest absolute Gasteiger partial charge is 0.496 e. The summed E-state index contributed by atoms with van der Waals surface area (Å²) in [5.74, 6) is 1.89. The standard InChI is InChI=1S/C19H21FN2O3/c1-23-16-5-3-14(20)11-15(16)19(22-8-6-21-7-9-22)13-2-4-17-18(10-13)25-12-24-17/h2-5,10-11,19,21H,6-9,12H2,1H3. The molecule has 2 heterocycles. The third kappa shape index (κ3) is 3.15. The fraction of sp³-hybridized carbons (Fsp3) is 0.368. The molecule has 0 amide bonds. The number of ether oxygens (including phenoxy) is 3. The molecular formula is C19H21FN2O3. The first-order chi connectivity index (χ1) is 12.3. The smallest absolute Gasteiger partial charge is 0.231 e. The summed E-state index contributed by atoms with van der Waals surface area (Å²) in [5, 5.41) is 3.36. The van der Waals surface area contributed by atoms with E-state index >= 15 is 0 Å². The second-order valence-corrected chi connectivity index (χ2v) is 6.19. The summed E-state index contributed by atoms with van der Waals surface area (Å²) in [6, 6.07) is 10.5. The minimum Gasteiger partial charge on any atom is -0.496 e. The maximum absolute atomic E-state index is 14.0. The topological polar surface area (TPSA) is 43.0 Å². The Balaban J connectivity index is 1.80. The van der Waals surface area contributed by atoms with Crippen molar-refractivity contribution >= 4 is 0 Å². The summed E-state index contributed by atoms with van der Waals surface area (Å²) < 4.78 is 30.5. The molecule has 0 bridgehead atoms. The molecular weight excluding hydrogens is 323 g/mol. The van der Waals surface area contributed by atoms with Gasteiger partial charge in [-0.25, -0.2) is 4.39 Å². The molecule has 0 radical (unpaired) electrons. The lowest BCUT2D eigenvalue weighted by Gasteiger charge is -2.36. The summed E-state index contributed by atoms with van der Waals surface area (Å²) in [4.78, 5) is 2.34. The Morgan fingerprint density at radius 2 is 1.88 bits per heavy atom. The lowest BCUT2D eigenvalue weighted by molar-refractivity contribution is 0.173. The van der Waals surface area contributed by atoms with Gasteiger partial charge >= 0.3 is 0 Å². The van der Waals surface area contributed by atoms with E-state index in [1.54, 1.807) is 19.2 Å². The third-order valence-electron chi connectivity index (χ3n) is 4.72. The van der Waals surface area contributed by atoms with Crippen molar-refractivity contribution in [2.24, 2.45) is 0 Å². The quantitative estimate of drug-likeness (QED) is 0.923. The van der Waals surface area contributed by atoms with Crippen LogP contribution >= 0.6 is 0 Å². The van der Waals surface area contributed by atoms with Gasteiger partial charge in [0, 0.05) is 31.7 Å². The lowest BCUT2D eigenvalue weighted by atomic mass is 9.95. The van der Waals surface area contributed by atoms with Gasteiger partial charge in [-0.05, 0) is 35.9 Å². The van der Waals surface area contributed by atoms with Crippen molar-refractivity contribution < 1.29 is 18.6 Å². The molecule has 1 unspecified atom stereocenters. The second-order valence-electron chi connectivity index (χ2n) is 6.19. The predicted molar refractivity (Wildman–Crippen MR) is 91.8 cm³/mol. The van der Waals surface area contributed by atoms with Gasteiger partial charge in [0.2, 0.25) is 6.79 Å². The summed E-state index contributed by atoms with van der Waals surface area (Å²) in [6.07, 6.45) is 0. The number of nitrogens with zero attached hydrogens (tertiary/aromatic N) is 1. The molecule has 2 aromatic rings. The Labute approximate surface area is 146 Å². The Bertz CT molecular complexity index is 762. The van der Waals surface area contributed by atoms with Gasteiger partial charge in [-0.3, -0.25) is 4.90 Å². The number of rotatable bonds is 4. The number of nitrogens with one attached hydrogen (secondary N) is 1. The van der Waals surface area contributed by atoms with Crippen molar-refractivity contribution in [2.75, 3.05) is 40.1 Å². The number of benzene rings is 2. The maximum Gasteiger partial charge on any atom is 0.231 e. The van der Waals surface area contributed by atoms with Crippen LogP contribution in [0.1, 0.15) is 17.2 Å². The van der Waals surface area contributed by atoms with Crippen LogP contribution in [0.15, 0.2) is 36.4 Å². The SMILES string of the molecule is COc1ccc(F)cc1C(c1ccc2c(c1)OCO2)N1CCNCC1. The molecule has 6 heteroatoms. The molecule has 0 saturated carbocycles. The highest BCUT2D eigenvalue weighted by Crippen LogP contribution is 2.40. The average Bonchev–Trinajstić information content (AvgIpc) is 3.11. The van der Waals surface area contributed by atoms with E-state index < -0.39 is 0 Å². The van der Waals surface area contributed by atoms with E-state index in [2.05, 4.69) is 10.2 Å². The van der Waals surface area contributed by atoms with Crippen LogP contribution in [0.2, 0.25) is 0 Å². The number of methoxy groups -OCH3 is 1. The van der Waals surface area contributed by atoms with E-state index in [1.807, 2.05) is 18.2 Å². The first kappa shape index (κ1) is 16.2. The molecule has 2 aliphatic rings. The van der Waals surface area contributed by atoms with Crippen LogP contribution in [0.3, 0.4) is 0 Å². The molecule has 1 saturated heterocycles. The van der Waals surface area contributed by atoms with E-state index in [9.17, 15) is 4.39 Å². The Morgan fingerprint density at radius 3 is 2.68 bits per heavy atom. The number of piperazine rings is 1. The monoisotopic (exact) mass is 344 g/mol. The minimum absolute atomic E-state index is 0.109. The van der Waals surface area contributed by atoms with Crippen molar-refractivity contribution in [3.05, 3.63) is 53.3 Å². The van der Waals surface area contributed by atoms with Gasteiger partial charge < -0.3 is 19.5 Å². The number of hydrogen-bond donors (Lipinski definition) is 1. The van der Waals surface area contributed by atoms with Crippen LogP contribution in [-0.4, -0.2) is 45.0 Å². The van der Waals surface area contributed by atoms with E-state index in [0.717, 1.165) is 48.8 Å². The molecule has 1 atom stereocenters. The van der Waals surface area contributed by atoms with Crippen molar-refractivity contribution in [1.29, 1.82) is 0 Å². The predicted octanol–water partition coefficient (Wildman–Crippen LogP) is 2.56. The molecule has 0 aromatic heterocycles. The van der Waals surface area contributed by atoms with Crippen molar-refractivity contribution in [2.45, 2.75) is 6.04 Å². The number of halogens is 1. The highest BCUT2D eigenvalue weighted by molar-refractivity contribution is 5.49. The molecule has 0 spiro atoms. The summed E-state index contributed by atoms with van der Waals surface area (Å²) in [5.41, 5.74) is 1.86. The van der Waals surface area contributed by atoms with E-state index in [1.165, 1.54) is 6.07 Å². The molecule has 132 valence electrons. The van der Waals surface area contributed by atoms with E-state index in [0.29, 0.717) is 5.75 Å². The highest BCUT2D eigenvalue weighted by Gasteiger charge is 2.28. The van der Waals surface area contributed by atoms with Crippen LogP contribution in [0.5, 0.6) is 17.2 Å². The molecule has 2 aliphatic heterocycles. The van der Waals surface area contributed by atoms with Gasteiger partial charge in [-0.15, -0.1) is 0 Å². The zero-order valence-corrected chi connectivity index (χ0v) is 14.1. The molecule has 4 rings (SSSR count). The fourth-order valence-corrected chi connectivity index (χ4v) is 3.53. The van der Waals surface area contributed by atoms with Gasteiger partial charge in [-0.2, -0.15) is 0 Å². The summed E-state index contributed by atoms with van der Waals surface area (Å²) in [7, 11) is 1.62. The Kier molecular flexibility index (Phi) is 4.46. The minimum atomic E-state index is -0.267. The maximum atomic E-state index is 14.0. The zero-order valence-electron chi connectivity index (χ0n) is 14.1.